The van der Waals surface area contributed by atoms with Gasteiger partial charge in [0.05, 0.1) is 6.61 Å². The normalized spacial score (nSPS) is 10.6. The first-order valence-electron chi connectivity index (χ1n) is 5.82. The summed E-state index contributed by atoms with van der Waals surface area (Å²) in [6.45, 7) is 6.56. The first kappa shape index (κ1) is 13.7. The highest BCUT2D eigenvalue weighted by Crippen LogP contribution is 2.06. The van der Waals surface area contributed by atoms with Crippen molar-refractivity contribution in [1.82, 2.24) is 9.97 Å². The maximum atomic E-state index is 5.48. The molecule has 0 atom stereocenters. The Bertz CT molecular complexity index is 318. The molecule has 6 nitrogen and oxygen atoms in total. The van der Waals surface area contributed by atoms with Crippen molar-refractivity contribution in [2.75, 3.05) is 30.5 Å². The summed E-state index contributed by atoms with van der Waals surface area (Å²) >= 11 is 0. The molecule has 0 amide bonds. The van der Waals surface area contributed by atoms with E-state index in [-0.39, 0.29) is 0 Å². The van der Waals surface area contributed by atoms with Crippen LogP contribution in [0.2, 0.25) is 0 Å². The third-order valence-corrected chi connectivity index (χ3v) is 2.21. The Hall–Kier alpha value is -1.40. The molecule has 0 fully saturated rings. The minimum Gasteiger partial charge on any atom is -0.380 e. The molecule has 1 rings (SSSR count). The van der Waals surface area contributed by atoms with Crippen LogP contribution < -0.4 is 16.6 Å². The lowest BCUT2D eigenvalue weighted by Gasteiger charge is -2.08. The highest BCUT2D eigenvalue weighted by atomic mass is 16.5. The van der Waals surface area contributed by atoms with Crippen molar-refractivity contribution in [2.45, 2.75) is 20.3 Å². The molecule has 0 saturated heterocycles. The number of nitrogens with two attached hydrogens (primary N) is 1. The Morgan fingerprint density at radius 3 is 2.76 bits per heavy atom. The Morgan fingerprint density at radius 1 is 1.29 bits per heavy atom. The van der Waals surface area contributed by atoms with Gasteiger partial charge in [-0.2, -0.15) is 0 Å². The van der Waals surface area contributed by atoms with Gasteiger partial charge in [-0.1, -0.05) is 13.8 Å². The smallest absolute Gasteiger partial charge is 0.145 e. The quantitative estimate of drug-likeness (QED) is 0.359. The number of rotatable bonds is 8. The second-order valence-corrected chi connectivity index (χ2v) is 4.15. The van der Waals surface area contributed by atoms with Gasteiger partial charge in [-0.15, -0.1) is 0 Å². The van der Waals surface area contributed by atoms with Crippen LogP contribution in [0.15, 0.2) is 12.4 Å². The third kappa shape index (κ3) is 6.03. The lowest BCUT2D eigenvalue weighted by atomic mass is 10.1. The summed E-state index contributed by atoms with van der Waals surface area (Å²) in [4.78, 5) is 7.98. The summed E-state index contributed by atoms with van der Waals surface area (Å²) < 4.78 is 5.48. The highest BCUT2D eigenvalue weighted by Gasteiger charge is 1.97. The molecule has 0 radical (unpaired) electrons. The van der Waals surface area contributed by atoms with Crippen LogP contribution in [0.25, 0.3) is 0 Å². The Kier molecular flexibility index (Phi) is 6.27. The van der Waals surface area contributed by atoms with Gasteiger partial charge in [-0.3, -0.25) is 0 Å². The predicted molar refractivity (Wildman–Crippen MR) is 68.6 cm³/mol. The number of nitrogen functional groups attached to an aromatic ring is 1. The van der Waals surface area contributed by atoms with E-state index in [9.17, 15) is 0 Å². The number of ether oxygens (including phenoxy) is 1. The van der Waals surface area contributed by atoms with Crippen molar-refractivity contribution in [3.05, 3.63) is 12.4 Å². The SMILES string of the molecule is CC(C)CCOCCNc1cc(NN)ncn1. The number of hydrogen-bond acceptors (Lipinski definition) is 6. The number of anilines is 2. The van der Waals surface area contributed by atoms with Crippen LogP contribution in [0.1, 0.15) is 20.3 Å². The Labute approximate surface area is 102 Å². The molecule has 1 aromatic heterocycles. The van der Waals surface area contributed by atoms with Crippen LogP contribution >= 0.6 is 0 Å². The molecule has 0 unspecified atom stereocenters. The molecule has 6 heteroatoms. The van der Waals surface area contributed by atoms with Crippen molar-refractivity contribution in [2.24, 2.45) is 11.8 Å². The van der Waals surface area contributed by atoms with Gasteiger partial charge in [0.25, 0.3) is 0 Å². The van der Waals surface area contributed by atoms with Crippen LogP contribution in [-0.2, 0) is 4.74 Å². The molecule has 0 aromatic carbocycles. The molecule has 17 heavy (non-hydrogen) atoms. The fourth-order valence-corrected chi connectivity index (χ4v) is 1.21. The number of nitrogens with one attached hydrogen (secondary N) is 2. The summed E-state index contributed by atoms with van der Waals surface area (Å²) in [6.07, 6.45) is 2.55. The molecular weight excluding hydrogens is 218 g/mol. The molecule has 0 aliphatic heterocycles. The van der Waals surface area contributed by atoms with Crippen LogP contribution in [0.3, 0.4) is 0 Å². The molecule has 1 aromatic rings. The molecular formula is C11H21N5O. The van der Waals surface area contributed by atoms with E-state index >= 15 is 0 Å². The summed E-state index contributed by atoms with van der Waals surface area (Å²) in [5, 5.41) is 3.14. The van der Waals surface area contributed by atoms with E-state index in [4.69, 9.17) is 10.6 Å². The van der Waals surface area contributed by atoms with Crippen LogP contribution in [0.5, 0.6) is 0 Å². The largest absolute Gasteiger partial charge is 0.380 e. The Balaban J connectivity index is 2.13. The molecule has 4 N–H and O–H groups in total. The van der Waals surface area contributed by atoms with E-state index in [1.807, 2.05) is 0 Å². The first-order valence-corrected chi connectivity index (χ1v) is 5.82. The zero-order valence-electron chi connectivity index (χ0n) is 10.4. The van der Waals surface area contributed by atoms with E-state index in [1.54, 1.807) is 6.07 Å². The standard InChI is InChI=1S/C11H21N5O/c1-9(2)3-5-17-6-4-13-10-7-11(16-12)15-8-14-10/h7-9H,3-6,12H2,1-2H3,(H2,13,14,15,16). The third-order valence-electron chi connectivity index (χ3n) is 2.21. The fraction of sp³-hybridized carbons (Fsp3) is 0.636. The number of hydrazine groups is 1. The minimum atomic E-state index is 0.586. The summed E-state index contributed by atoms with van der Waals surface area (Å²) in [5.41, 5.74) is 2.47. The fourth-order valence-electron chi connectivity index (χ4n) is 1.21. The predicted octanol–water partition coefficient (Wildman–Crippen LogP) is 1.24. The second kappa shape index (κ2) is 7.81. The van der Waals surface area contributed by atoms with Crippen LogP contribution in [0, 0.1) is 5.92 Å². The lowest BCUT2D eigenvalue weighted by molar-refractivity contribution is 0.132. The molecule has 0 saturated carbocycles. The number of hydrogen-bond donors (Lipinski definition) is 3. The first-order chi connectivity index (χ1) is 8.22. The summed E-state index contributed by atoms with van der Waals surface area (Å²) in [6, 6.07) is 1.74. The zero-order chi connectivity index (χ0) is 12.5. The van der Waals surface area contributed by atoms with Gasteiger partial charge in [0.2, 0.25) is 0 Å². The Morgan fingerprint density at radius 2 is 2.06 bits per heavy atom. The molecule has 1 heterocycles. The van der Waals surface area contributed by atoms with Crippen molar-refractivity contribution in [3.8, 4) is 0 Å². The highest BCUT2D eigenvalue weighted by molar-refractivity contribution is 5.45. The van der Waals surface area contributed by atoms with E-state index in [0.29, 0.717) is 18.3 Å². The molecule has 0 bridgehead atoms. The van der Waals surface area contributed by atoms with Crippen molar-refractivity contribution < 1.29 is 4.74 Å². The van der Waals surface area contributed by atoms with Gasteiger partial charge in [0.15, 0.2) is 0 Å². The van der Waals surface area contributed by atoms with E-state index in [2.05, 4.69) is 34.6 Å². The summed E-state index contributed by atoms with van der Waals surface area (Å²) in [5.74, 6) is 7.25. The average Bonchev–Trinajstić information content (AvgIpc) is 2.33. The second-order valence-electron chi connectivity index (χ2n) is 4.15. The van der Waals surface area contributed by atoms with Gasteiger partial charge >= 0.3 is 0 Å². The van der Waals surface area contributed by atoms with Gasteiger partial charge < -0.3 is 15.5 Å². The molecule has 96 valence electrons. The maximum absolute atomic E-state index is 5.48. The van der Waals surface area contributed by atoms with Crippen LogP contribution in [0.4, 0.5) is 11.6 Å². The van der Waals surface area contributed by atoms with E-state index in [0.717, 1.165) is 25.4 Å². The van der Waals surface area contributed by atoms with Crippen LogP contribution in [-0.4, -0.2) is 29.7 Å². The zero-order valence-corrected chi connectivity index (χ0v) is 10.4. The van der Waals surface area contributed by atoms with Gasteiger partial charge in [-0.05, 0) is 12.3 Å². The van der Waals surface area contributed by atoms with E-state index in [1.165, 1.54) is 6.33 Å². The summed E-state index contributed by atoms with van der Waals surface area (Å²) in [7, 11) is 0. The average molecular weight is 239 g/mol. The van der Waals surface area contributed by atoms with Gasteiger partial charge in [0, 0.05) is 19.2 Å². The van der Waals surface area contributed by atoms with Gasteiger partial charge in [0.1, 0.15) is 18.0 Å². The molecule has 0 aliphatic rings. The van der Waals surface area contributed by atoms with Crippen molar-refractivity contribution in [1.29, 1.82) is 0 Å². The number of nitrogens with zero attached hydrogens (tertiary/aromatic N) is 2. The maximum Gasteiger partial charge on any atom is 0.145 e. The molecule has 0 aliphatic carbocycles. The van der Waals surface area contributed by atoms with E-state index < -0.39 is 0 Å². The molecule has 0 spiro atoms. The lowest BCUT2D eigenvalue weighted by Crippen LogP contribution is -2.13. The van der Waals surface area contributed by atoms with Crippen molar-refractivity contribution >= 4 is 11.6 Å². The van der Waals surface area contributed by atoms with Gasteiger partial charge in [-0.25, -0.2) is 15.8 Å². The number of aromatic nitrogens is 2. The topological polar surface area (TPSA) is 85.1 Å². The minimum absolute atomic E-state index is 0.586. The van der Waals surface area contributed by atoms with Crippen molar-refractivity contribution in [3.63, 3.8) is 0 Å². The monoisotopic (exact) mass is 239 g/mol.